The molecular weight excluding hydrogens is 328 g/mol. The summed E-state index contributed by atoms with van der Waals surface area (Å²) in [5, 5.41) is 15.7. The van der Waals surface area contributed by atoms with Gasteiger partial charge in [-0.25, -0.2) is 5.43 Å². The number of benzene rings is 3. The summed E-state index contributed by atoms with van der Waals surface area (Å²) in [6.07, 6.45) is 1.42. The van der Waals surface area contributed by atoms with Crippen LogP contribution in [0.2, 0.25) is 0 Å². The van der Waals surface area contributed by atoms with Crippen molar-refractivity contribution in [2.45, 2.75) is 12.8 Å². The minimum absolute atomic E-state index is 0.114. The first-order chi connectivity index (χ1) is 12.6. The number of para-hydroxylation sites is 1. The number of phenolic OH excluding ortho intramolecular Hbond substituents is 1. The molecule has 0 aromatic heterocycles. The van der Waals surface area contributed by atoms with Gasteiger partial charge in [-0.2, -0.15) is 5.10 Å². The summed E-state index contributed by atoms with van der Waals surface area (Å²) in [5.74, 6) is 0.339. The maximum Gasteiger partial charge on any atom is 0.247 e. The largest absolute Gasteiger partial charge is 0.507 e. The Morgan fingerprint density at radius 3 is 2.62 bits per heavy atom. The lowest BCUT2D eigenvalue weighted by molar-refractivity contribution is -0.122. The number of hydrazone groups is 1. The molecule has 0 saturated carbocycles. The van der Waals surface area contributed by atoms with Gasteiger partial charge in [0.1, 0.15) is 11.5 Å². The van der Waals surface area contributed by atoms with Crippen molar-refractivity contribution < 1.29 is 14.6 Å². The Bertz CT molecular complexity index is 966. The number of hydrogen-bond donors (Lipinski definition) is 2. The van der Waals surface area contributed by atoms with Crippen LogP contribution >= 0.6 is 0 Å². The van der Waals surface area contributed by atoms with Gasteiger partial charge in [0.25, 0.3) is 0 Å². The van der Waals surface area contributed by atoms with Crippen molar-refractivity contribution in [1.82, 2.24) is 5.43 Å². The third kappa shape index (κ3) is 3.83. The van der Waals surface area contributed by atoms with E-state index in [9.17, 15) is 9.90 Å². The highest BCUT2D eigenvalue weighted by molar-refractivity contribution is 5.89. The quantitative estimate of drug-likeness (QED) is 0.544. The van der Waals surface area contributed by atoms with E-state index < -0.39 is 0 Å². The Balaban J connectivity index is 1.72. The van der Waals surface area contributed by atoms with Crippen molar-refractivity contribution in [3.05, 3.63) is 71.8 Å². The van der Waals surface area contributed by atoms with Gasteiger partial charge in [-0.3, -0.25) is 4.79 Å². The van der Waals surface area contributed by atoms with Gasteiger partial charge < -0.3 is 9.84 Å². The van der Waals surface area contributed by atoms with E-state index in [1.165, 1.54) is 6.21 Å². The molecule has 3 rings (SSSR count). The number of aromatic hydroxyl groups is 1. The molecule has 3 aromatic carbocycles. The zero-order chi connectivity index (χ0) is 18.5. The van der Waals surface area contributed by atoms with Crippen molar-refractivity contribution in [3.63, 3.8) is 0 Å². The molecule has 0 aliphatic carbocycles. The third-order valence-electron chi connectivity index (χ3n) is 4.28. The molecule has 0 radical (unpaired) electrons. The van der Waals surface area contributed by atoms with E-state index in [0.29, 0.717) is 5.56 Å². The first-order valence-corrected chi connectivity index (χ1v) is 8.27. The molecule has 5 nitrogen and oxygen atoms in total. The van der Waals surface area contributed by atoms with Gasteiger partial charge in [-0.1, -0.05) is 36.4 Å². The predicted molar refractivity (Wildman–Crippen MR) is 103 cm³/mol. The van der Waals surface area contributed by atoms with Crippen LogP contribution in [0.25, 0.3) is 10.8 Å². The lowest BCUT2D eigenvalue weighted by atomic mass is 9.97. The molecule has 1 unspecified atom stereocenters. The predicted octanol–water partition coefficient (Wildman–Crippen LogP) is 3.81. The number of carbonyl (C=O) groups is 1. The minimum atomic E-state index is -0.358. The highest BCUT2D eigenvalue weighted by atomic mass is 16.5. The maximum atomic E-state index is 12.3. The Labute approximate surface area is 151 Å². The smallest absolute Gasteiger partial charge is 0.247 e. The fourth-order valence-corrected chi connectivity index (χ4v) is 2.65. The third-order valence-corrected chi connectivity index (χ3v) is 4.28. The van der Waals surface area contributed by atoms with Crippen LogP contribution in [0.3, 0.4) is 0 Å². The molecule has 132 valence electrons. The molecular formula is C21H20N2O3. The molecule has 1 amide bonds. The van der Waals surface area contributed by atoms with Gasteiger partial charge in [0, 0.05) is 5.56 Å². The summed E-state index contributed by atoms with van der Waals surface area (Å²) in [5.41, 5.74) is 3.96. The molecule has 5 heteroatoms. The molecule has 0 bridgehead atoms. The number of nitrogens with zero attached hydrogens (tertiary/aromatic N) is 1. The van der Waals surface area contributed by atoms with Crippen molar-refractivity contribution in [3.8, 4) is 11.5 Å². The summed E-state index contributed by atoms with van der Waals surface area (Å²) in [6, 6.07) is 18.5. The molecule has 0 aliphatic rings. The number of nitrogens with one attached hydrogen (secondary N) is 1. The van der Waals surface area contributed by atoms with Gasteiger partial charge in [-0.15, -0.1) is 0 Å². The normalized spacial score (nSPS) is 12.2. The van der Waals surface area contributed by atoms with Crippen molar-refractivity contribution >= 4 is 22.9 Å². The average molecular weight is 348 g/mol. The van der Waals surface area contributed by atoms with E-state index >= 15 is 0 Å². The summed E-state index contributed by atoms with van der Waals surface area (Å²) in [7, 11) is 1.64. The van der Waals surface area contributed by atoms with Gasteiger partial charge in [0.05, 0.1) is 19.2 Å². The minimum Gasteiger partial charge on any atom is -0.507 e. The van der Waals surface area contributed by atoms with Gasteiger partial charge in [-0.05, 0) is 47.5 Å². The topological polar surface area (TPSA) is 70.9 Å². The second-order valence-corrected chi connectivity index (χ2v) is 5.99. The van der Waals surface area contributed by atoms with E-state index in [2.05, 4.69) is 10.5 Å². The van der Waals surface area contributed by atoms with Gasteiger partial charge in [0.15, 0.2) is 0 Å². The van der Waals surface area contributed by atoms with E-state index in [4.69, 9.17) is 4.74 Å². The summed E-state index contributed by atoms with van der Waals surface area (Å²) < 4.78 is 5.23. The Kier molecular flexibility index (Phi) is 5.17. The van der Waals surface area contributed by atoms with Crippen LogP contribution in [0.1, 0.15) is 24.0 Å². The number of ether oxygens (including phenoxy) is 1. The van der Waals surface area contributed by atoms with Crippen LogP contribution in [0, 0.1) is 0 Å². The first kappa shape index (κ1) is 17.5. The average Bonchev–Trinajstić information content (AvgIpc) is 2.67. The van der Waals surface area contributed by atoms with Crippen LogP contribution in [0.15, 0.2) is 65.8 Å². The molecule has 1 atom stereocenters. The number of amides is 1. The maximum absolute atomic E-state index is 12.3. The molecule has 0 aliphatic heterocycles. The number of hydrogen-bond acceptors (Lipinski definition) is 4. The van der Waals surface area contributed by atoms with E-state index in [1.807, 2.05) is 43.3 Å². The highest BCUT2D eigenvalue weighted by Gasteiger charge is 2.15. The molecule has 0 fully saturated rings. The van der Waals surface area contributed by atoms with E-state index in [1.54, 1.807) is 31.4 Å². The standard InChI is InChI=1S/C21H20N2O3/c1-14(21(25)23-22-13-18-5-3-4-6-20(18)24)15-7-8-17-12-19(26-2)10-9-16(17)11-15/h3-14,24H,1-2H3,(H,23,25)/b22-13+. The number of carbonyl (C=O) groups excluding carboxylic acids is 1. The SMILES string of the molecule is COc1ccc2cc(C(C)C(=O)N/N=C/c3ccccc3O)ccc2c1. The number of phenols is 1. The van der Waals surface area contributed by atoms with Gasteiger partial charge >= 0.3 is 0 Å². The van der Waals surface area contributed by atoms with Crippen LogP contribution in [-0.2, 0) is 4.79 Å². The van der Waals surface area contributed by atoms with Crippen LogP contribution in [0.4, 0.5) is 0 Å². The highest BCUT2D eigenvalue weighted by Crippen LogP contribution is 2.25. The lowest BCUT2D eigenvalue weighted by Gasteiger charge is -2.11. The number of methoxy groups -OCH3 is 1. The molecule has 2 N–H and O–H groups in total. The fraction of sp³-hybridized carbons (Fsp3) is 0.143. The van der Waals surface area contributed by atoms with Crippen LogP contribution in [-0.4, -0.2) is 24.3 Å². The molecule has 26 heavy (non-hydrogen) atoms. The first-order valence-electron chi connectivity index (χ1n) is 8.27. The van der Waals surface area contributed by atoms with Crippen molar-refractivity contribution in [2.24, 2.45) is 5.10 Å². The summed E-state index contributed by atoms with van der Waals surface area (Å²) in [6.45, 7) is 1.83. The van der Waals surface area contributed by atoms with Crippen molar-refractivity contribution in [2.75, 3.05) is 7.11 Å². The summed E-state index contributed by atoms with van der Waals surface area (Å²) >= 11 is 0. The van der Waals surface area contributed by atoms with Crippen LogP contribution < -0.4 is 10.2 Å². The van der Waals surface area contributed by atoms with Crippen LogP contribution in [0.5, 0.6) is 11.5 Å². The molecule has 3 aromatic rings. The molecule has 0 heterocycles. The lowest BCUT2D eigenvalue weighted by Crippen LogP contribution is -2.23. The second kappa shape index (κ2) is 7.70. The Morgan fingerprint density at radius 1 is 1.12 bits per heavy atom. The Hall–Kier alpha value is -3.34. The fourth-order valence-electron chi connectivity index (χ4n) is 2.65. The number of fused-ring (bicyclic) bond motifs is 1. The van der Waals surface area contributed by atoms with Gasteiger partial charge in [0.2, 0.25) is 5.91 Å². The molecule has 0 saturated heterocycles. The number of rotatable bonds is 5. The van der Waals surface area contributed by atoms with E-state index in [0.717, 1.165) is 22.1 Å². The van der Waals surface area contributed by atoms with Crippen molar-refractivity contribution in [1.29, 1.82) is 0 Å². The zero-order valence-corrected chi connectivity index (χ0v) is 14.6. The Morgan fingerprint density at radius 2 is 1.85 bits per heavy atom. The van der Waals surface area contributed by atoms with E-state index in [-0.39, 0.29) is 17.6 Å². The summed E-state index contributed by atoms with van der Waals surface area (Å²) in [4.78, 5) is 12.3. The zero-order valence-electron chi connectivity index (χ0n) is 14.6. The molecule has 0 spiro atoms. The second-order valence-electron chi connectivity index (χ2n) is 5.99. The monoisotopic (exact) mass is 348 g/mol.